The van der Waals surface area contributed by atoms with E-state index in [-0.39, 0.29) is 24.5 Å². The SMILES string of the molecule is CC(CC(=O)O)NC(=O)COc1ccccc1O. The Kier molecular flexibility index (Phi) is 4.98. The van der Waals surface area contributed by atoms with Crippen molar-refractivity contribution in [2.75, 3.05) is 6.61 Å². The number of carboxylic acid groups (broad SMARTS) is 1. The predicted molar refractivity (Wildman–Crippen MR) is 63.5 cm³/mol. The summed E-state index contributed by atoms with van der Waals surface area (Å²) in [5.74, 6) is -1.26. The van der Waals surface area contributed by atoms with Crippen molar-refractivity contribution in [3.63, 3.8) is 0 Å². The Bertz CT molecular complexity index is 432. The van der Waals surface area contributed by atoms with Gasteiger partial charge >= 0.3 is 5.97 Å². The number of carbonyl (C=O) groups is 2. The van der Waals surface area contributed by atoms with E-state index < -0.39 is 17.9 Å². The number of carbonyl (C=O) groups excluding carboxylic acids is 1. The Morgan fingerprint density at radius 3 is 2.67 bits per heavy atom. The summed E-state index contributed by atoms with van der Waals surface area (Å²) in [4.78, 5) is 21.8. The van der Waals surface area contributed by atoms with Gasteiger partial charge in [0, 0.05) is 6.04 Å². The highest BCUT2D eigenvalue weighted by Crippen LogP contribution is 2.23. The summed E-state index contributed by atoms with van der Waals surface area (Å²) in [7, 11) is 0. The molecule has 6 nitrogen and oxygen atoms in total. The van der Waals surface area contributed by atoms with Crippen molar-refractivity contribution in [2.24, 2.45) is 0 Å². The molecule has 0 bridgehead atoms. The third kappa shape index (κ3) is 4.73. The molecule has 1 aromatic rings. The average Bonchev–Trinajstić information content (AvgIpc) is 2.26. The Balaban J connectivity index is 2.38. The Labute approximate surface area is 104 Å². The fraction of sp³-hybridized carbons (Fsp3) is 0.333. The van der Waals surface area contributed by atoms with Crippen LogP contribution in [0.15, 0.2) is 24.3 Å². The van der Waals surface area contributed by atoms with Gasteiger partial charge in [-0.05, 0) is 19.1 Å². The number of phenols is 1. The summed E-state index contributed by atoms with van der Waals surface area (Å²) in [6, 6.07) is 5.81. The molecule has 6 heteroatoms. The number of amides is 1. The van der Waals surface area contributed by atoms with Crippen LogP contribution in [-0.2, 0) is 9.59 Å². The lowest BCUT2D eigenvalue weighted by atomic mass is 10.2. The molecule has 0 fully saturated rings. The van der Waals surface area contributed by atoms with Crippen molar-refractivity contribution in [1.82, 2.24) is 5.32 Å². The van der Waals surface area contributed by atoms with Crippen LogP contribution >= 0.6 is 0 Å². The van der Waals surface area contributed by atoms with Crippen molar-refractivity contribution >= 4 is 11.9 Å². The van der Waals surface area contributed by atoms with Crippen molar-refractivity contribution in [3.05, 3.63) is 24.3 Å². The molecule has 1 aromatic carbocycles. The first-order valence-electron chi connectivity index (χ1n) is 5.41. The van der Waals surface area contributed by atoms with Crippen LogP contribution in [0.1, 0.15) is 13.3 Å². The molecular weight excluding hydrogens is 238 g/mol. The third-order valence-corrected chi connectivity index (χ3v) is 2.11. The second-order valence-electron chi connectivity index (χ2n) is 3.82. The zero-order valence-electron chi connectivity index (χ0n) is 9.92. The maximum absolute atomic E-state index is 11.4. The van der Waals surface area contributed by atoms with Crippen LogP contribution in [0.2, 0.25) is 0 Å². The molecule has 0 saturated carbocycles. The summed E-state index contributed by atoms with van der Waals surface area (Å²) in [5, 5.41) is 20.4. The Morgan fingerprint density at radius 2 is 2.06 bits per heavy atom. The minimum atomic E-state index is -0.982. The molecule has 1 amide bonds. The van der Waals surface area contributed by atoms with E-state index >= 15 is 0 Å². The number of ether oxygens (including phenoxy) is 1. The number of nitrogens with one attached hydrogen (secondary N) is 1. The number of carboxylic acids is 1. The maximum atomic E-state index is 11.4. The molecule has 0 aromatic heterocycles. The molecule has 0 radical (unpaired) electrons. The smallest absolute Gasteiger partial charge is 0.305 e. The molecule has 0 heterocycles. The van der Waals surface area contributed by atoms with E-state index in [1.165, 1.54) is 12.1 Å². The molecule has 1 unspecified atom stereocenters. The molecule has 0 saturated heterocycles. The first-order valence-corrected chi connectivity index (χ1v) is 5.41. The summed E-state index contributed by atoms with van der Waals surface area (Å²) >= 11 is 0. The van der Waals surface area contributed by atoms with Gasteiger partial charge in [0.1, 0.15) is 0 Å². The normalized spacial score (nSPS) is 11.6. The molecule has 1 atom stereocenters. The van der Waals surface area contributed by atoms with Crippen molar-refractivity contribution in [2.45, 2.75) is 19.4 Å². The van der Waals surface area contributed by atoms with Crippen LogP contribution in [0.4, 0.5) is 0 Å². The van der Waals surface area contributed by atoms with Gasteiger partial charge in [-0.2, -0.15) is 0 Å². The molecule has 1 rings (SSSR count). The molecule has 0 aliphatic carbocycles. The number of benzene rings is 1. The quantitative estimate of drug-likeness (QED) is 0.695. The van der Waals surface area contributed by atoms with Gasteiger partial charge in [-0.3, -0.25) is 9.59 Å². The Morgan fingerprint density at radius 1 is 1.39 bits per heavy atom. The van der Waals surface area contributed by atoms with Crippen LogP contribution in [-0.4, -0.2) is 34.7 Å². The number of aromatic hydroxyl groups is 1. The second-order valence-corrected chi connectivity index (χ2v) is 3.82. The summed E-state index contributed by atoms with van der Waals surface area (Å²) in [6.07, 6.45) is -0.150. The lowest BCUT2D eigenvalue weighted by molar-refractivity contribution is -0.137. The van der Waals surface area contributed by atoms with Crippen LogP contribution in [0.3, 0.4) is 0 Å². The zero-order chi connectivity index (χ0) is 13.5. The summed E-state index contributed by atoms with van der Waals surface area (Å²) < 4.78 is 5.09. The number of aliphatic carboxylic acids is 1. The van der Waals surface area contributed by atoms with Gasteiger partial charge in [0.05, 0.1) is 6.42 Å². The average molecular weight is 253 g/mol. The van der Waals surface area contributed by atoms with Gasteiger partial charge in [0.15, 0.2) is 18.1 Å². The van der Waals surface area contributed by atoms with Gasteiger partial charge in [-0.25, -0.2) is 0 Å². The van der Waals surface area contributed by atoms with E-state index in [0.717, 1.165) is 0 Å². The van der Waals surface area contributed by atoms with E-state index in [2.05, 4.69) is 5.32 Å². The number of hydrogen-bond acceptors (Lipinski definition) is 4. The van der Waals surface area contributed by atoms with Crippen molar-refractivity contribution in [3.8, 4) is 11.5 Å². The van der Waals surface area contributed by atoms with E-state index in [1.807, 2.05) is 0 Å². The topological polar surface area (TPSA) is 95.9 Å². The molecule has 18 heavy (non-hydrogen) atoms. The van der Waals surface area contributed by atoms with Crippen molar-refractivity contribution in [1.29, 1.82) is 0 Å². The summed E-state index contributed by atoms with van der Waals surface area (Å²) in [5.41, 5.74) is 0. The molecule has 0 aliphatic heterocycles. The number of hydrogen-bond donors (Lipinski definition) is 3. The van der Waals surface area contributed by atoms with Gasteiger partial charge in [-0.1, -0.05) is 12.1 Å². The number of phenolic OH excluding ortho intramolecular Hbond substituents is 1. The molecule has 0 spiro atoms. The van der Waals surface area contributed by atoms with Crippen LogP contribution in [0, 0.1) is 0 Å². The molecular formula is C12H15NO5. The fourth-order valence-electron chi connectivity index (χ4n) is 1.35. The highest BCUT2D eigenvalue weighted by Gasteiger charge is 2.11. The van der Waals surface area contributed by atoms with Gasteiger partial charge in [-0.15, -0.1) is 0 Å². The highest BCUT2D eigenvalue weighted by molar-refractivity contribution is 5.78. The molecule has 0 aliphatic rings. The zero-order valence-corrected chi connectivity index (χ0v) is 9.92. The molecule has 3 N–H and O–H groups in total. The Hall–Kier alpha value is -2.24. The second kappa shape index (κ2) is 6.48. The van der Waals surface area contributed by atoms with Gasteiger partial charge in [0.25, 0.3) is 5.91 Å². The van der Waals surface area contributed by atoms with Crippen LogP contribution in [0.5, 0.6) is 11.5 Å². The monoisotopic (exact) mass is 253 g/mol. The minimum Gasteiger partial charge on any atom is -0.504 e. The van der Waals surface area contributed by atoms with E-state index in [9.17, 15) is 14.7 Å². The molecule has 98 valence electrons. The maximum Gasteiger partial charge on any atom is 0.305 e. The largest absolute Gasteiger partial charge is 0.504 e. The number of rotatable bonds is 6. The predicted octanol–water partition coefficient (Wildman–Crippen LogP) is 0.750. The van der Waals surface area contributed by atoms with Crippen LogP contribution < -0.4 is 10.1 Å². The highest BCUT2D eigenvalue weighted by atomic mass is 16.5. The van der Waals surface area contributed by atoms with Crippen molar-refractivity contribution < 1.29 is 24.5 Å². The van der Waals surface area contributed by atoms with E-state index in [0.29, 0.717) is 0 Å². The standard InChI is InChI=1S/C12H15NO5/c1-8(6-12(16)17)13-11(15)7-18-10-5-3-2-4-9(10)14/h2-5,8,14H,6-7H2,1H3,(H,13,15)(H,16,17). The van der Waals surface area contributed by atoms with E-state index in [4.69, 9.17) is 9.84 Å². The van der Waals surface area contributed by atoms with Crippen LogP contribution in [0.25, 0.3) is 0 Å². The lowest BCUT2D eigenvalue weighted by Gasteiger charge is -2.12. The minimum absolute atomic E-state index is 0.0520. The lowest BCUT2D eigenvalue weighted by Crippen LogP contribution is -2.37. The van der Waals surface area contributed by atoms with Gasteiger partial charge in [0.2, 0.25) is 0 Å². The first kappa shape index (κ1) is 13.8. The van der Waals surface area contributed by atoms with E-state index in [1.54, 1.807) is 19.1 Å². The first-order chi connectivity index (χ1) is 8.49. The number of para-hydroxylation sites is 2. The third-order valence-electron chi connectivity index (χ3n) is 2.11. The van der Waals surface area contributed by atoms with Gasteiger partial charge < -0.3 is 20.3 Å². The fourth-order valence-corrected chi connectivity index (χ4v) is 1.35. The summed E-state index contributed by atoms with van der Waals surface area (Å²) in [6.45, 7) is 1.31.